The fourth-order valence-electron chi connectivity index (χ4n) is 9.89. The minimum atomic E-state index is -2.57. The predicted octanol–water partition coefficient (Wildman–Crippen LogP) is 7.61. The summed E-state index contributed by atoms with van der Waals surface area (Å²) in [4.78, 5) is 49.5. The van der Waals surface area contributed by atoms with E-state index in [4.69, 9.17) is 14.6 Å². The number of piperidine rings is 2. The normalized spacial score (nSPS) is 24.2. The molecule has 0 aromatic carbocycles. The fourth-order valence-corrected chi connectivity index (χ4v) is 10.6. The summed E-state index contributed by atoms with van der Waals surface area (Å²) in [5.74, 6) is -4.76. The van der Waals surface area contributed by atoms with Gasteiger partial charge in [0, 0.05) is 102 Å². The van der Waals surface area contributed by atoms with E-state index in [1.165, 1.54) is 0 Å². The van der Waals surface area contributed by atoms with Gasteiger partial charge in [-0.15, -0.1) is 0 Å². The number of halogens is 4. The van der Waals surface area contributed by atoms with Gasteiger partial charge in [-0.3, -0.25) is 9.59 Å². The quantitative estimate of drug-likeness (QED) is 0.0551. The number of carboxylic acids is 1. The molecule has 6 fully saturated rings. The number of aliphatic hydroxyl groups is 1. The number of carboxylic acid groups (broad SMARTS) is 1. The largest absolute Gasteiger partial charge is 0.481 e. The van der Waals surface area contributed by atoms with Gasteiger partial charge in [-0.1, -0.05) is 19.6 Å². The molecule has 2 saturated heterocycles. The number of hydrogen-bond donors (Lipinski definition) is 3. The molecule has 4 aromatic heterocycles. The van der Waals surface area contributed by atoms with Crippen molar-refractivity contribution in [1.29, 1.82) is 0 Å². The Morgan fingerprint density at radius 3 is 1.98 bits per heavy atom. The average Bonchev–Trinajstić information content (AvgIpc) is 4.04. The molecule has 0 unspecified atom stereocenters. The zero-order valence-electron chi connectivity index (χ0n) is 36.4. The Morgan fingerprint density at radius 1 is 0.825 bits per heavy atom. The molecule has 2 atom stereocenters. The first kappa shape index (κ1) is 45.2. The molecule has 6 heterocycles. The van der Waals surface area contributed by atoms with Gasteiger partial charge in [0.25, 0.3) is 0 Å². The minimum Gasteiger partial charge on any atom is -0.481 e. The number of hydrogen-bond acceptors (Lipinski definition) is 11. The molecule has 3 N–H and O–H groups in total. The number of H-pyrrole nitrogens is 1. The Bertz CT molecular complexity index is 2250. The van der Waals surface area contributed by atoms with Gasteiger partial charge in [0.2, 0.25) is 11.8 Å². The van der Waals surface area contributed by atoms with E-state index in [0.29, 0.717) is 19.6 Å². The van der Waals surface area contributed by atoms with Gasteiger partial charge in [-0.25, -0.2) is 37.5 Å². The smallest absolute Gasteiger partial charge is 0.309 e. The van der Waals surface area contributed by atoms with E-state index in [1.807, 2.05) is 23.0 Å². The number of alkyl halides is 4. The van der Waals surface area contributed by atoms with Crippen LogP contribution in [0.15, 0.2) is 37.2 Å². The number of aliphatic carboxylic acids is 1. The molecule has 2 spiro atoms. The van der Waals surface area contributed by atoms with Crippen LogP contribution in [0.25, 0.3) is 22.1 Å². The van der Waals surface area contributed by atoms with Gasteiger partial charge in [0.05, 0.1) is 29.2 Å². The molecule has 14 nitrogen and oxygen atoms in total. The zero-order chi connectivity index (χ0) is 44.8. The highest BCUT2D eigenvalue weighted by Gasteiger charge is 2.57. The van der Waals surface area contributed by atoms with Crippen molar-refractivity contribution in [2.45, 2.75) is 108 Å². The van der Waals surface area contributed by atoms with E-state index >= 15 is 0 Å². The molecule has 2 aliphatic heterocycles. The van der Waals surface area contributed by atoms with Crippen LogP contribution in [0.1, 0.15) is 64.2 Å². The van der Waals surface area contributed by atoms with Crippen LogP contribution in [-0.4, -0.2) is 118 Å². The Morgan fingerprint density at radius 2 is 1.41 bits per heavy atom. The van der Waals surface area contributed by atoms with Crippen molar-refractivity contribution in [2.24, 2.45) is 34.5 Å². The number of fused-ring (bicyclic) bond motifs is 2. The summed E-state index contributed by atoms with van der Waals surface area (Å²) in [6.45, 7) is 11.3. The third-order valence-electron chi connectivity index (χ3n) is 14.0. The topological polar surface area (TPSA) is 172 Å². The molecule has 6 aliphatic rings. The van der Waals surface area contributed by atoms with E-state index in [-0.39, 0.29) is 79.4 Å². The van der Waals surface area contributed by atoms with Crippen molar-refractivity contribution in [3.8, 4) is 0 Å². The lowest BCUT2D eigenvalue weighted by molar-refractivity contribution is -0.164. The van der Waals surface area contributed by atoms with E-state index < -0.39 is 25.9 Å². The molecule has 0 bridgehead atoms. The number of ether oxygens (including phenoxy) is 2. The number of anilines is 2. The van der Waals surface area contributed by atoms with E-state index in [0.717, 1.165) is 98.2 Å². The SMILES string of the molecule is C[Si](C)(C)CCOCn1ccc2c(N3CC[C@@H](C(=O)O)C4(CC4)C3)ncnc21.O=C(OCC1CC(F)(F)C1)[C@@H]1CCN(c2ncnc3[nH]ccc23)CC12CC2.OCC1CC(F)(F)C1. The molecular formula is C44H60F4N8O6Si. The second-order valence-electron chi connectivity index (χ2n) is 20.2. The fraction of sp³-hybridized carbons (Fsp3) is 0.682. The number of esters is 1. The van der Waals surface area contributed by atoms with Gasteiger partial charge < -0.3 is 39.0 Å². The third kappa shape index (κ3) is 10.3. The number of carbonyl (C=O) groups is 2. The van der Waals surface area contributed by atoms with E-state index in [1.54, 1.807) is 12.7 Å². The number of nitrogens with one attached hydrogen (secondary N) is 1. The van der Waals surface area contributed by atoms with Gasteiger partial charge >= 0.3 is 11.9 Å². The highest BCUT2D eigenvalue weighted by atomic mass is 28.3. The third-order valence-corrected chi connectivity index (χ3v) is 15.7. The van der Waals surface area contributed by atoms with Gasteiger partial charge in [-0.05, 0) is 62.6 Å². The highest BCUT2D eigenvalue weighted by molar-refractivity contribution is 6.76. The summed E-state index contributed by atoms with van der Waals surface area (Å²) in [5, 5.41) is 19.8. The summed E-state index contributed by atoms with van der Waals surface area (Å²) >= 11 is 0. The number of aromatic nitrogens is 6. The van der Waals surface area contributed by atoms with Crippen molar-refractivity contribution in [2.75, 3.05) is 55.8 Å². The lowest BCUT2D eigenvalue weighted by atomic mass is 9.81. The molecule has 0 amide bonds. The zero-order valence-corrected chi connectivity index (χ0v) is 37.4. The van der Waals surface area contributed by atoms with Gasteiger partial charge in [-0.2, -0.15) is 0 Å². The number of aromatic amines is 1. The average molecular weight is 901 g/mol. The number of carbonyl (C=O) groups excluding carboxylic acids is 1. The van der Waals surface area contributed by atoms with Gasteiger partial charge in [0.15, 0.2) is 0 Å². The second kappa shape index (κ2) is 17.6. The summed E-state index contributed by atoms with van der Waals surface area (Å²) in [6.07, 6.45) is 11.8. The van der Waals surface area contributed by atoms with Crippen molar-refractivity contribution in [1.82, 2.24) is 29.5 Å². The summed E-state index contributed by atoms with van der Waals surface area (Å²) in [7, 11) is -1.09. The molecule has 63 heavy (non-hydrogen) atoms. The van der Waals surface area contributed by atoms with Crippen molar-refractivity contribution < 1.29 is 46.8 Å². The molecular weight excluding hydrogens is 841 g/mol. The maximum atomic E-state index is 12.9. The summed E-state index contributed by atoms with van der Waals surface area (Å²) < 4.78 is 62.9. The standard InChI is InChI=1S/C20H30N4O3Si.C19H22F2N4O2.C5H8F2O/c1-28(2,3)11-10-27-14-24-8-4-15-17(21-13-22-18(15)24)23-9-5-16(19(25)26)20(12-23)6-7-20;20-19(21)7-12(8-19)9-27-17(26)14-2-6-25(10-18(14)3-4-18)16-13-1-5-22-15(13)23-11-24-16;6-5(7)1-4(2-5)3-8/h4,8,13,16H,5-7,9-12,14H2,1-3H3,(H,25,26);1,5,11-12,14H,2-4,6-10H2,(H,22,23,24);4,8H,1-3H2/t16-;14-;/m00./s1. The minimum absolute atomic E-state index is 0.0630. The highest BCUT2D eigenvalue weighted by Crippen LogP contribution is 2.58. The lowest BCUT2D eigenvalue weighted by Gasteiger charge is -2.39. The molecule has 0 radical (unpaired) electrons. The Balaban J connectivity index is 0.000000147. The van der Waals surface area contributed by atoms with Crippen LogP contribution >= 0.6 is 0 Å². The van der Waals surface area contributed by atoms with Crippen LogP contribution in [0.5, 0.6) is 0 Å². The molecule has 4 aliphatic carbocycles. The molecule has 344 valence electrons. The predicted molar refractivity (Wildman–Crippen MR) is 231 cm³/mol. The Kier molecular flexibility index (Phi) is 12.6. The lowest BCUT2D eigenvalue weighted by Crippen LogP contribution is -2.46. The van der Waals surface area contributed by atoms with Crippen LogP contribution < -0.4 is 9.80 Å². The van der Waals surface area contributed by atoms with Gasteiger partial charge in [0.1, 0.15) is 42.3 Å². The maximum absolute atomic E-state index is 12.9. The summed E-state index contributed by atoms with van der Waals surface area (Å²) in [5.41, 5.74) is 1.56. The first-order valence-electron chi connectivity index (χ1n) is 22.3. The van der Waals surface area contributed by atoms with E-state index in [2.05, 4.69) is 60.4 Å². The molecule has 19 heteroatoms. The number of aliphatic hydroxyl groups excluding tert-OH is 1. The number of nitrogens with zero attached hydrogens (tertiary/aromatic N) is 7. The Hall–Kier alpha value is -4.36. The molecule has 10 rings (SSSR count). The monoisotopic (exact) mass is 900 g/mol. The van der Waals surface area contributed by atoms with Crippen molar-refractivity contribution in [3.05, 3.63) is 37.2 Å². The van der Waals surface area contributed by atoms with Crippen LogP contribution in [0.3, 0.4) is 0 Å². The first-order valence-corrected chi connectivity index (χ1v) is 26.0. The van der Waals surface area contributed by atoms with Crippen LogP contribution in [0, 0.1) is 34.5 Å². The van der Waals surface area contributed by atoms with Crippen LogP contribution in [0.2, 0.25) is 25.7 Å². The Labute approximate surface area is 365 Å². The van der Waals surface area contributed by atoms with E-state index in [9.17, 15) is 32.3 Å². The van der Waals surface area contributed by atoms with Crippen molar-refractivity contribution >= 4 is 53.7 Å². The van der Waals surface area contributed by atoms with Crippen molar-refractivity contribution in [3.63, 3.8) is 0 Å². The molecule has 4 aromatic rings. The number of rotatable bonds is 12. The van der Waals surface area contributed by atoms with Crippen LogP contribution in [0.4, 0.5) is 29.2 Å². The summed E-state index contributed by atoms with van der Waals surface area (Å²) in [6, 6.07) is 5.17. The maximum Gasteiger partial charge on any atom is 0.309 e. The molecule has 4 saturated carbocycles. The van der Waals surface area contributed by atoms with Crippen LogP contribution in [-0.2, 0) is 25.8 Å². The second-order valence-corrected chi connectivity index (χ2v) is 25.8. The first-order chi connectivity index (χ1) is 29.9.